The summed E-state index contributed by atoms with van der Waals surface area (Å²) in [6.45, 7) is 0.744. The van der Waals surface area contributed by atoms with Crippen molar-refractivity contribution in [2.24, 2.45) is 4.99 Å². The summed E-state index contributed by atoms with van der Waals surface area (Å²) in [7, 11) is 4.02. The number of pyridine rings is 1. The predicted octanol–water partition coefficient (Wildman–Crippen LogP) is 2.35. The van der Waals surface area contributed by atoms with Crippen molar-refractivity contribution in [3.8, 4) is 0 Å². The van der Waals surface area contributed by atoms with Crippen LogP contribution in [0.1, 0.15) is 5.56 Å². The molecule has 2 N–H and O–H groups in total. The first kappa shape index (κ1) is 11.7. The molecule has 0 amide bonds. The summed E-state index contributed by atoms with van der Waals surface area (Å²) in [5.74, 6) is 0.546. The van der Waals surface area contributed by atoms with Gasteiger partial charge >= 0.3 is 0 Å². The van der Waals surface area contributed by atoms with E-state index in [0.717, 1.165) is 28.7 Å². The van der Waals surface area contributed by atoms with Crippen LogP contribution in [-0.4, -0.2) is 31.8 Å². The maximum atomic E-state index is 5.89. The molecular weight excluding hydrogens is 236 g/mol. The number of fused-ring (bicyclic) bond motifs is 1. The summed E-state index contributed by atoms with van der Waals surface area (Å²) in [5, 5.41) is 1.11. The lowest BCUT2D eigenvalue weighted by Crippen LogP contribution is -2.10. The van der Waals surface area contributed by atoms with E-state index in [1.807, 2.05) is 32.5 Å². The van der Waals surface area contributed by atoms with Crippen LogP contribution >= 0.6 is 0 Å². The van der Waals surface area contributed by atoms with Crippen molar-refractivity contribution >= 4 is 34.2 Å². The number of nitrogen functional groups attached to an aromatic ring is 1. The van der Waals surface area contributed by atoms with Crippen LogP contribution in [0.3, 0.4) is 0 Å². The predicted molar refractivity (Wildman–Crippen MR) is 81.8 cm³/mol. The highest BCUT2D eigenvalue weighted by Gasteiger charge is 2.09. The molecule has 0 saturated heterocycles. The maximum absolute atomic E-state index is 5.89. The molecule has 1 aliphatic heterocycles. The van der Waals surface area contributed by atoms with E-state index >= 15 is 0 Å². The molecule has 2 aromatic rings. The first-order valence-electron chi connectivity index (χ1n) is 6.22. The molecule has 0 aliphatic carbocycles. The molecule has 3 rings (SSSR count). The van der Waals surface area contributed by atoms with Crippen LogP contribution in [-0.2, 0) is 0 Å². The summed E-state index contributed by atoms with van der Waals surface area (Å²) >= 11 is 0. The van der Waals surface area contributed by atoms with Crippen molar-refractivity contribution in [1.82, 2.24) is 4.98 Å². The number of aromatic nitrogens is 1. The smallest absolute Gasteiger partial charge is 0.126 e. The number of rotatable bonds is 2. The molecular formula is C15H16N4. The Morgan fingerprint density at radius 2 is 2.05 bits per heavy atom. The van der Waals surface area contributed by atoms with Gasteiger partial charge in [0.05, 0.1) is 12.1 Å². The summed E-state index contributed by atoms with van der Waals surface area (Å²) < 4.78 is 0. The molecule has 0 bridgehead atoms. The molecule has 4 nitrogen and oxygen atoms in total. The Morgan fingerprint density at radius 3 is 2.74 bits per heavy atom. The topological polar surface area (TPSA) is 54.5 Å². The highest BCUT2D eigenvalue weighted by atomic mass is 15.1. The Bertz CT molecular complexity index is 699. The molecule has 1 aromatic heterocycles. The second kappa shape index (κ2) is 4.39. The average Bonchev–Trinajstić information content (AvgIpc) is 2.90. The van der Waals surface area contributed by atoms with E-state index in [2.05, 4.69) is 33.1 Å². The van der Waals surface area contributed by atoms with E-state index < -0.39 is 0 Å². The summed E-state index contributed by atoms with van der Waals surface area (Å²) in [6, 6.07) is 8.21. The van der Waals surface area contributed by atoms with E-state index in [0.29, 0.717) is 5.82 Å². The maximum Gasteiger partial charge on any atom is 0.126 e. The van der Waals surface area contributed by atoms with Gasteiger partial charge in [-0.25, -0.2) is 4.98 Å². The second-order valence-corrected chi connectivity index (χ2v) is 4.87. The number of hydrogen-bond acceptors (Lipinski definition) is 4. The molecule has 0 fully saturated rings. The van der Waals surface area contributed by atoms with Gasteiger partial charge in [-0.05, 0) is 23.3 Å². The fourth-order valence-electron chi connectivity index (χ4n) is 2.33. The quantitative estimate of drug-likeness (QED) is 0.892. The summed E-state index contributed by atoms with van der Waals surface area (Å²) in [6.07, 6.45) is 3.89. The van der Waals surface area contributed by atoms with Gasteiger partial charge in [0.1, 0.15) is 5.82 Å². The lowest BCUT2D eigenvalue weighted by atomic mass is 10.0. The molecule has 96 valence electrons. The Morgan fingerprint density at radius 1 is 1.21 bits per heavy atom. The molecule has 19 heavy (non-hydrogen) atoms. The molecule has 1 aliphatic rings. The second-order valence-electron chi connectivity index (χ2n) is 4.87. The lowest BCUT2D eigenvalue weighted by Gasteiger charge is -2.16. The van der Waals surface area contributed by atoms with Crippen LogP contribution in [0.15, 0.2) is 35.3 Å². The van der Waals surface area contributed by atoms with E-state index in [1.165, 1.54) is 5.57 Å². The zero-order valence-corrected chi connectivity index (χ0v) is 11.1. The van der Waals surface area contributed by atoms with E-state index in [-0.39, 0.29) is 0 Å². The Hall–Kier alpha value is -2.36. The van der Waals surface area contributed by atoms with Gasteiger partial charge < -0.3 is 10.6 Å². The number of nitrogens with two attached hydrogens (primary N) is 1. The van der Waals surface area contributed by atoms with Gasteiger partial charge in [0.15, 0.2) is 0 Å². The fourth-order valence-corrected chi connectivity index (χ4v) is 2.33. The normalized spacial score (nSPS) is 13.9. The highest BCUT2D eigenvalue weighted by Crippen LogP contribution is 2.29. The molecule has 4 heteroatoms. The van der Waals surface area contributed by atoms with E-state index in [4.69, 9.17) is 5.73 Å². The van der Waals surface area contributed by atoms with Crippen LogP contribution < -0.4 is 10.6 Å². The minimum atomic E-state index is 0.546. The van der Waals surface area contributed by atoms with Crippen molar-refractivity contribution in [2.45, 2.75) is 0 Å². The standard InChI is InChI=1S/C15H16N4/c1-19(2)14-8-15(16)18-13-7-10(3-4-12(13)14)11-5-6-17-9-11/h3-8H,9H2,1-2H3,(H2,16,18). The number of hydrogen-bond donors (Lipinski definition) is 1. The summed E-state index contributed by atoms with van der Waals surface area (Å²) in [5.41, 5.74) is 10.3. The third-order valence-electron chi connectivity index (χ3n) is 3.30. The van der Waals surface area contributed by atoms with Gasteiger partial charge in [-0.3, -0.25) is 4.99 Å². The first-order valence-corrected chi connectivity index (χ1v) is 6.22. The molecule has 0 radical (unpaired) electrons. The van der Waals surface area contributed by atoms with E-state index in [1.54, 1.807) is 0 Å². The Labute approximate surface area is 112 Å². The van der Waals surface area contributed by atoms with Crippen molar-refractivity contribution < 1.29 is 0 Å². The SMILES string of the molecule is CN(C)c1cc(N)nc2cc(C3=CC=NC3)ccc12. The average molecular weight is 252 g/mol. The number of benzene rings is 1. The monoisotopic (exact) mass is 252 g/mol. The minimum absolute atomic E-state index is 0.546. The lowest BCUT2D eigenvalue weighted by molar-refractivity contribution is 1.14. The molecule has 0 spiro atoms. The molecule has 2 heterocycles. The van der Waals surface area contributed by atoms with Crippen LogP contribution in [0.5, 0.6) is 0 Å². The van der Waals surface area contributed by atoms with E-state index in [9.17, 15) is 0 Å². The van der Waals surface area contributed by atoms with Gasteiger partial charge in [0.2, 0.25) is 0 Å². The number of nitrogens with zero attached hydrogens (tertiary/aromatic N) is 3. The third-order valence-corrected chi connectivity index (χ3v) is 3.30. The van der Waals surface area contributed by atoms with Crippen molar-refractivity contribution in [3.63, 3.8) is 0 Å². The van der Waals surface area contributed by atoms with Gasteiger partial charge in [-0.15, -0.1) is 0 Å². The first-order chi connectivity index (χ1) is 9.15. The minimum Gasteiger partial charge on any atom is -0.384 e. The van der Waals surface area contributed by atoms with Gasteiger partial charge in [-0.1, -0.05) is 12.1 Å². The molecule has 0 atom stereocenters. The number of anilines is 2. The van der Waals surface area contributed by atoms with Crippen LogP contribution in [0, 0.1) is 0 Å². The highest BCUT2D eigenvalue weighted by molar-refractivity contribution is 5.97. The van der Waals surface area contributed by atoms with Gasteiger partial charge in [0.25, 0.3) is 0 Å². The van der Waals surface area contributed by atoms with Gasteiger partial charge in [0, 0.05) is 37.4 Å². The van der Waals surface area contributed by atoms with Crippen LogP contribution in [0.4, 0.5) is 11.5 Å². The van der Waals surface area contributed by atoms with Crippen molar-refractivity contribution in [3.05, 3.63) is 35.9 Å². The Balaban J connectivity index is 2.18. The summed E-state index contributed by atoms with van der Waals surface area (Å²) in [4.78, 5) is 10.7. The zero-order chi connectivity index (χ0) is 13.4. The number of aliphatic imine (C=N–C) groups is 1. The van der Waals surface area contributed by atoms with Crippen molar-refractivity contribution in [2.75, 3.05) is 31.3 Å². The van der Waals surface area contributed by atoms with Gasteiger partial charge in [-0.2, -0.15) is 0 Å². The van der Waals surface area contributed by atoms with Crippen molar-refractivity contribution in [1.29, 1.82) is 0 Å². The molecule has 0 saturated carbocycles. The zero-order valence-electron chi connectivity index (χ0n) is 11.1. The van der Waals surface area contributed by atoms with Crippen LogP contribution in [0.25, 0.3) is 16.5 Å². The van der Waals surface area contributed by atoms with Crippen LogP contribution in [0.2, 0.25) is 0 Å². The third kappa shape index (κ3) is 2.05. The fraction of sp³-hybridized carbons (Fsp3) is 0.200. The largest absolute Gasteiger partial charge is 0.384 e. The molecule has 1 aromatic carbocycles. The molecule has 0 unspecified atom stereocenters. The Kier molecular flexibility index (Phi) is 2.71. The number of allylic oxidation sites excluding steroid dienone is 1.